The first-order valence-electron chi connectivity index (χ1n) is 11.5. The van der Waals surface area contributed by atoms with Crippen molar-refractivity contribution >= 4 is 5.91 Å². The van der Waals surface area contributed by atoms with Crippen LogP contribution in [0, 0.1) is 23.7 Å². The molecular formula is C26H32N2O2. The number of rotatable bonds is 7. The third kappa shape index (κ3) is 3.67. The van der Waals surface area contributed by atoms with Crippen LogP contribution in [-0.2, 0) is 16.9 Å². The van der Waals surface area contributed by atoms with Gasteiger partial charge in [0.1, 0.15) is 0 Å². The summed E-state index contributed by atoms with van der Waals surface area (Å²) in [5, 5.41) is 14.7. The molecule has 0 bridgehead atoms. The number of amides is 1. The second kappa shape index (κ2) is 8.16. The van der Waals surface area contributed by atoms with E-state index in [2.05, 4.69) is 40.5 Å². The van der Waals surface area contributed by atoms with E-state index < -0.39 is 5.60 Å². The van der Waals surface area contributed by atoms with Gasteiger partial charge in [-0.25, -0.2) is 0 Å². The first-order valence-corrected chi connectivity index (χ1v) is 11.5. The van der Waals surface area contributed by atoms with E-state index in [1.165, 1.54) is 5.56 Å². The fourth-order valence-electron chi connectivity index (χ4n) is 5.94. The fourth-order valence-corrected chi connectivity index (χ4v) is 5.94. The van der Waals surface area contributed by atoms with Gasteiger partial charge in [0.15, 0.2) is 5.60 Å². The van der Waals surface area contributed by atoms with Gasteiger partial charge in [-0.3, -0.25) is 9.69 Å². The minimum Gasteiger partial charge on any atom is -0.375 e. The molecule has 2 saturated carbocycles. The minimum atomic E-state index is -1.40. The lowest BCUT2D eigenvalue weighted by Crippen LogP contribution is -2.49. The molecule has 1 heterocycles. The third-order valence-electron chi connectivity index (χ3n) is 7.70. The van der Waals surface area contributed by atoms with Crippen LogP contribution in [0.1, 0.15) is 36.8 Å². The van der Waals surface area contributed by atoms with Gasteiger partial charge in [-0.15, -0.1) is 0 Å². The monoisotopic (exact) mass is 404 g/mol. The summed E-state index contributed by atoms with van der Waals surface area (Å²) in [5.41, 5.74) is 0.703. The Hall–Kier alpha value is -2.17. The maximum Gasteiger partial charge on any atom is 0.256 e. The van der Waals surface area contributed by atoms with Crippen molar-refractivity contribution in [3.63, 3.8) is 0 Å². The summed E-state index contributed by atoms with van der Waals surface area (Å²) < 4.78 is 0. The van der Waals surface area contributed by atoms with Crippen LogP contribution in [0.4, 0.5) is 0 Å². The Labute approximate surface area is 179 Å². The molecule has 3 aliphatic rings. The predicted octanol–water partition coefficient (Wildman–Crippen LogP) is 3.56. The Morgan fingerprint density at radius 2 is 1.57 bits per heavy atom. The molecule has 2 N–H and O–H groups in total. The molecule has 158 valence electrons. The Morgan fingerprint density at radius 3 is 2.20 bits per heavy atom. The Kier molecular flexibility index (Phi) is 5.38. The van der Waals surface area contributed by atoms with E-state index in [0.717, 1.165) is 50.9 Å². The number of benzene rings is 2. The Morgan fingerprint density at radius 1 is 0.967 bits per heavy atom. The maximum absolute atomic E-state index is 13.2. The van der Waals surface area contributed by atoms with Crippen LogP contribution in [0.25, 0.3) is 0 Å². The normalized spacial score (nSPS) is 28.1. The van der Waals surface area contributed by atoms with Gasteiger partial charge in [-0.2, -0.15) is 0 Å². The van der Waals surface area contributed by atoms with Crippen molar-refractivity contribution in [3.8, 4) is 0 Å². The van der Waals surface area contributed by atoms with E-state index in [1.54, 1.807) is 0 Å². The number of carbonyl (C=O) groups excluding carboxylic acids is 1. The standard InChI is InChI=1S/C26H32N2O2/c29-25(26(30,21-13-7-8-14-21)20-11-5-2-6-12-20)27-15-22-23-17-28(18-24(22)23)16-19-9-3-1-4-10-19/h1-6,9-12,21-24,30H,7-8,13-18H2,(H,27,29)/t22?,23-,24?,26?/m1/s1. The van der Waals surface area contributed by atoms with E-state index in [4.69, 9.17) is 0 Å². The van der Waals surface area contributed by atoms with Crippen molar-refractivity contribution in [1.82, 2.24) is 10.2 Å². The molecule has 2 aromatic rings. The van der Waals surface area contributed by atoms with Crippen molar-refractivity contribution in [2.75, 3.05) is 19.6 Å². The number of nitrogens with zero attached hydrogens (tertiary/aromatic N) is 1. The number of nitrogens with one attached hydrogen (secondary N) is 1. The van der Waals surface area contributed by atoms with Crippen molar-refractivity contribution in [1.29, 1.82) is 0 Å². The van der Waals surface area contributed by atoms with Gasteiger partial charge in [0.05, 0.1) is 0 Å². The minimum absolute atomic E-state index is 0.0139. The summed E-state index contributed by atoms with van der Waals surface area (Å²) in [6.07, 6.45) is 4.03. The fraction of sp³-hybridized carbons (Fsp3) is 0.500. The van der Waals surface area contributed by atoms with Crippen LogP contribution >= 0.6 is 0 Å². The maximum atomic E-state index is 13.2. The SMILES string of the molecule is O=C(NCC1C2CN(Cc3ccccc3)C[C@H]12)C(O)(c1ccccc1)C1CCCC1. The molecule has 3 fully saturated rings. The van der Waals surface area contributed by atoms with Gasteiger partial charge < -0.3 is 10.4 Å². The molecule has 3 unspecified atom stereocenters. The molecular weight excluding hydrogens is 372 g/mol. The molecule has 4 atom stereocenters. The van der Waals surface area contributed by atoms with Crippen LogP contribution in [0.2, 0.25) is 0 Å². The average molecular weight is 405 g/mol. The van der Waals surface area contributed by atoms with Crippen molar-refractivity contribution in [2.24, 2.45) is 23.7 Å². The zero-order valence-corrected chi connectivity index (χ0v) is 17.5. The van der Waals surface area contributed by atoms with Gasteiger partial charge in [0.25, 0.3) is 5.91 Å². The largest absolute Gasteiger partial charge is 0.375 e. The van der Waals surface area contributed by atoms with Gasteiger partial charge in [0.2, 0.25) is 0 Å². The first-order chi connectivity index (χ1) is 14.7. The summed E-state index contributed by atoms with van der Waals surface area (Å²) in [7, 11) is 0. The first kappa shape index (κ1) is 19.8. The smallest absolute Gasteiger partial charge is 0.256 e. The highest BCUT2D eigenvalue weighted by Crippen LogP contribution is 2.51. The second-order valence-corrected chi connectivity index (χ2v) is 9.50. The van der Waals surface area contributed by atoms with Gasteiger partial charge in [0, 0.05) is 32.1 Å². The van der Waals surface area contributed by atoms with Crippen molar-refractivity contribution < 1.29 is 9.90 Å². The number of fused-ring (bicyclic) bond motifs is 1. The number of hydrogen-bond donors (Lipinski definition) is 2. The summed E-state index contributed by atoms with van der Waals surface area (Å²) in [4.78, 5) is 15.8. The second-order valence-electron chi connectivity index (χ2n) is 9.50. The van der Waals surface area contributed by atoms with E-state index in [-0.39, 0.29) is 11.8 Å². The van der Waals surface area contributed by atoms with E-state index in [9.17, 15) is 9.90 Å². The van der Waals surface area contributed by atoms with E-state index in [1.807, 2.05) is 30.3 Å². The molecule has 30 heavy (non-hydrogen) atoms. The van der Waals surface area contributed by atoms with Crippen molar-refractivity contribution in [3.05, 3.63) is 71.8 Å². The topological polar surface area (TPSA) is 52.6 Å². The number of likely N-dealkylation sites (tertiary alicyclic amines) is 1. The van der Waals surface area contributed by atoms with Gasteiger partial charge in [-0.05, 0) is 41.7 Å². The lowest BCUT2D eigenvalue weighted by molar-refractivity contribution is -0.147. The molecule has 2 aliphatic carbocycles. The molecule has 1 amide bonds. The molecule has 0 radical (unpaired) electrons. The zero-order chi connectivity index (χ0) is 20.6. The predicted molar refractivity (Wildman–Crippen MR) is 117 cm³/mol. The molecule has 2 aromatic carbocycles. The van der Waals surface area contributed by atoms with Crippen LogP contribution in [0.15, 0.2) is 60.7 Å². The third-order valence-corrected chi connectivity index (χ3v) is 7.70. The van der Waals surface area contributed by atoms with Crippen LogP contribution in [-0.4, -0.2) is 35.5 Å². The quantitative estimate of drug-likeness (QED) is 0.742. The summed E-state index contributed by atoms with van der Waals surface area (Å²) in [6.45, 7) is 3.94. The molecule has 4 heteroatoms. The number of hydrogen-bond acceptors (Lipinski definition) is 3. The molecule has 0 spiro atoms. The molecule has 0 aromatic heterocycles. The lowest BCUT2D eigenvalue weighted by Gasteiger charge is -2.33. The van der Waals surface area contributed by atoms with Crippen molar-refractivity contribution in [2.45, 2.75) is 37.8 Å². The number of aliphatic hydroxyl groups is 1. The molecule has 1 saturated heterocycles. The van der Waals surface area contributed by atoms with Crippen LogP contribution in [0.5, 0.6) is 0 Å². The highest BCUT2D eigenvalue weighted by molar-refractivity contribution is 5.86. The number of carbonyl (C=O) groups is 1. The van der Waals surface area contributed by atoms with E-state index in [0.29, 0.717) is 24.3 Å². The highest BCUT2D eigenvalue weighted by atomic mass is 16.3. The van der Waals surface area contributed by atoms with E-state index >= 15 is 0 Å². The lowest BCUT2D eigenvalue weighted by atomic mass is 9.79. The molecule has 4 nitrogen and oxygen atoms in total. The average Bonchev–Trinajstić information content (AvgIpc) is 3.17. The summed E-state index contributed by atoms with van der Waals surface area (Å²) in [5.74, 6) is 1.74. The molecule has 5 rings (SSSR count). The molecule has 1 aliphatic heterocycles. The summed E-state index contributed by atoms with van der Waals surface area (Å²) >= 11 is 0. The summed E-state index contributed by atoms with van der Waals surface area (Å²) in [6, 6.07) is 20.2. The number of piperidine rings is 1. The van der Waals surface area contributed by atoms with Gasteiger partial charge in [-0.1, -0.05) is 73.5 Å². The highest BCUT2D eigenvalue weighted by Gasteiger charge is 2.55. The Balaban J connectivity index is 1.17. The van der Waals surface area contributed by atoms with Crippen LogP contribution < -0.4 is 5.32 Å². The van der Waals surface area contributed by atoms with Crippen LogP contribution in [0.3, 0.4) is 0 Å². The Bertz CT molecular complexity index is 853. The van der Waals surface area contributed by atoms with Gasteiger partial charge >= 0.3 is 0 Å². The zero-order valence-electron chi connectivity index (χ0n) is 17.5.